The Hall–Kier alpha value is -2.05. The molecule has 0 spiro atoms. The molecule has 172 valence electrons. The van der Waals surface area contributed by atoms with Gasteiger partial charge in [0.15, 0.2) is 5.79 Å². The maximum atomic E-state index is 11.7. The van der Waals surface area contributed by atoms with E-state index in [1.165, 1.54) is 10.4 Å². The number of rotatable bonds is 9. The van der Waals surface area contributed by atoms with Crippen molar-refractivity contribution in [3.8, 4) is 0 Å². The van der Waals surface area contributed by atoms with Gasteiger partial charge in [-0.15, -0.1) is 0 Å². The lowest BCUT2D eigenvalue weighted by atomic mass is 10.1. The highest BCUT2D eigenvalue weighted by Gasteiger charge is 2.50. The summed E-state index contributed by atoms with van der Waals surface area (Å²) in [5, 5.41) is 2.41. The molecule has 1 aliphatic rings. The van der Waals surface area contributed by atoms with Crippen LogP contribution in [-0.2, 0) is 18.7 Å². The Morgan fingerprint density at radius 1 is 1.06 bits per heavy atom. The molecule has 0 bridgehead atoms. The van der Waals surface area contributed by atoms with Gasteiger partial charge in [0.1, 0.15) is 6.29 Å². The van der Waals surface area contributed by atoms with Gasteiger partial charge in [-0.25, -0.2) is 0 Å². The Morgan fingerprint density at radius 2 is 1.62 bits per heavy atom. The molecule has 0 N–H and O–H groups in total. The van der Waals surface area contributed by atoms with Gasteiger partial charge in [-0.2, -0.15) is 0 Å². The summed E-state index contributed by atoms with van der Waals surface area (Å²) in [7, 11) is -2.58. The smallest absolute Gasteiger partial charge is 0.261 e. The van der Waals surface area contributed by atoms with Crippen LogP contribution < -0.4 is 10.4 Å². The second-order valence-electron chi connectivity index (χ2n) is 9.84. The Morgan fingerprint density at radius 3 is 2.06 bits per heavy atom. The first-order chi connectivity index (χ1) is 15.2. The van der Waals surface area contributed by atoms with Crippen LogP contribution in [0.2, 0.25) is 5.04 Å². The van der Waals surface area contributed by atoms with Gasteiger partial charge in [-0.3, -0.25) is 4.79 Å². The Kier molecular flexibility index (Phi) is 7.88. The van der Waals surface area contributed by atoms with Crippen molar-refractivity contribution in [3.05, 3.63) is 72.3 Å². The third-order valence-corrected chi connectivity index (χ3v) is 11.0. The van der Waals surface area contributed by atoms with Crippen LogP contribution in [0, 0.1) is 0 Å². The van der Waals surface area contributed by atoms with Crippen molar-refractivity contribution in [2.75, 3.05) is 13.2 Å². The van der Waals surface area contributed by atoms with Gasteiger partial charge in [0.2, 0.25) is 0 Å². The van der Waals surface area contributed by atoms with Crippen LogP contribution in [0.3, 0.4) is 0 Å². The third kappa shape index (κ3) is 5.65. The summed E-state index contributed by atoms with van der Waals surface area (Å²) in [5.74, 6) is -0.549. The SMILES string of the molecule is CC1(C)OC[C@@H](C/C=C(/C=O)CCO[Si](c2ccccc2)(c2ccccc2)C(C)(C)C)O1. The van der Waals surface area contributed by atoms with Crippen LogP contribution in [-0.4, -0.2) is 39.7 Å². The molecular weight excluding hydrogens is 416 g/mol. The Bertz CT molecular complexity index is 861. The fourth-order valence-corrected chi connectivity index (χ4v) is 9.02. The summed E-state index contributed by atoms with van der Waals surface area (Å²) in [5.41, 5.74) is 0.747. The quantitative estimate of drug-likeness (QED) is 0.316. The van der Waals surface area contributed by atoms with Crippen molar-refractivity contribution >= 4 is 25.0 Å². The standard InChI is InChI=1S/C27H36O4Si/c1-26(2,3)32(24-12-8-6-9-13-24,25-14-10-7-11-15-25)30-19-18-22(20-28)16-17-23-21-29-27(4,5)31-23/h6-16,20,23H,17-19,21H2,1-5H3/b22-16+/t23-/m1/s1. The van der Waals surface area contributed by atoms with Gasteiger partial charge in [0, 0.05) is 6.61 Å². The lowest BCUT2D eigenvalue weighted by Gasteiger charge is -2.43. The average Bonchev–Trinajstić information content (AvgIpc) is 3.12. The molecule has 0 radical (unpaired) electrons. The summed E-state index contributed by atoms with van der Waals surface area (Å²) in [4.78, 5) is 11.7. The largest absolute Gasteiger partial charge is 0.407 e. The van der Waals surface area contributed by atoms with Gasteiger partial charge in [-0.05, 0) is 47.7 Å². The first kappa shape index (κ1) is 24.6. The predicted octanol–water partition coefficient (Wildman–Crippen LogP) is 4.62. The van der Waals surface area contributed by atoms with Crippen LogP contribution in [0.1, 0.15) is 47.5 Å². The molecular formula is C27H36O4Si. The zero-order chi connectivity index (χ0) is 23.2. The fourth-order valence-electron chi connectivity index (χ4n) is 4.45. The maximum absolute atomic E-state index is 11.7. The molecule has 1 heterocycles. The van der Waals surface area contributed by atoms with Crippen molar-refractivity contribution in [2.24, 2.45) is 0 Å². The molecule has 0 unspecified atom stereocenters. The monoisotopic (exact) mass is 452 g/mol. The highest BCUT2D eigenvalue weighted by atomic mass is 28.4. The van der Waals surface area contributed by atoms with E-state index in [2.05, 4.69) is 69.3 Å². The first-order valence-electron chi connectivity index (χ1n) is 11.4. The molecule has 3 rings (SSSR count). The van der Waals surface area contributed by atoms with Gasteiger partial charge in [0.05, 0.1) is 12.7 Å². The van der Waals surface area contributed by atoms with Crippen molar-refractivity contribution in [3.63, 3.8) is 0 Å². The van der Waals surface area contributed by atoms with E-state index in [1.54, 1.807) is 0 Å². The topological polar surface area (TPSA) is 44.8 Å². The summed E-state index contributed by atoms with van der Waals surface area (Å²) >= 11 is 0. The molecule has 1 atom stereocenters. The fraction of sp³-hybridized carbons (Fsp3) is 0.444. The summed E-state index contributed by atoms with van der Waals surface area (Å²) in [6.45, 7) is 11.6. The molecule has 0 saturated carbocycles. The van der Waals surface area contributed by atoms with Crippen molar-refractivity contribution < 1.29 is 18.7 Å². The molecule has 4 nitrogen and oxygen atoms in total. The van der Waals surface area contributed by atoms with Crippen LogP contribution >= 0.6 is 0 Å². The molecule has 1 aliphatic heterocycles. The van der Waals surface area contributed by atoms with E-state index in [-0.39, 0.29) is 11.1 Å². The van der Waals surface area contributed by atoms with Crippen LogP contribution in [0.15, 0.2) is 72.3 Å². The number of aldehydes is 1. The van der Waals surface area contributed by atoms with Crippen molar-refractivity contribution in [1.82, 2.24) is 0 Å². The summed E-state index contributed by atoms with van der Waals surface area (Å²) in [6.07, 6.45) is 4.13. The number of ether oxygens (including phenoxy) is 2. The molecule has 0 amide bonds. The minimum Gasteiger partial charge on any atom is -0.407 e. The Labute approximate surface area is 193 Å². The van der Waals surface area contributed by atoms with Crippen molar-refractivity contribution in [1.29, 1.82) is 0 Å². The molecule has 1 saturated heterocycles. The normalized spacial score (nSPS) is 19.2. The van der Waals surface area contributed by atoms with Gasteiger partial charge in [-0.1, -0.05) is 87.5 Å². The lowest BCUT2D eigenvalue weighted by molar-refractivity contribution is -0.137. The van der Waals surface area contributed by atoms with E-state index >= 15 is 0 Å². The summed E-state index contributed by atoms with van der Waals surface area (Å²) in [6, 6.07) is 21.1. The van der Waals surface area contributed by atoms with Gasteiger partial charge < -0.3 is 13.9 Å². The molecule has 1 fully saturated rings. The van der Waals surface area contributed by atoms with E-state index < -0.39 is 14.1 Å². The van der Waals surface area contributed by atoms with E-state index in [0.717, 1.165) is 11.9 Å². The third-order valence-electron chi connectivity index (χ3n) is 5.99. The van der Waals surface area contributed by atoms with Crippen molar-refractivity contribution in [2.45, 2.75) is 64.4 Å². The van der Waals surface area contributed by atoms with E-state index in [0.29, 0.717) is 26.1 Å². The summed E-state index contributed by atoms with van der Waals surface area (Å²) < 4.78 is 18.4. The highest BCUT2D eigenvalue weighted by Crippen LogP contribution is 2.37. The number of hydrogen-bond acceptors (Lipinski definition) is 4. The van der Waals surface area contributed by atoms with Gasteiger partial charge >= 0.3 is 0 Å². The molecule has 2 aromatic carbocycles. The zero-order valence-electron chi connectivity index (χ0n) is 20.0. The zero-order valence-corrected chi connectivity index (χ0v) is 21.0. The highest BCUT2D eigenvalue weighted by molar-refractivity contribution is 6.99. The van der Waals surface area contributed by atoms with Gasteiger partial charge in [0.25, 0.3) is 8.32 Å². The second-order valence-corrected chi connectivity index (χ2v) is 14.2. The molecule has 0 aromatic heterocycles. The average molecular weight is 453 g/mol. The van der Waals surface area contributed by atoms with Crippen LogP contribution in [0.4, 0.5) is 0 Å². The number of hydrogen-bond donors (Lipinski definition) is 0. The maximum Gasteiger partial charge on any atom is 0.261 e. The number of carbonyl (C=O) groups is 1. The second kappa shape index (κ2) is 10.3. The minimum atomic E-state index is -2.58. The van der Waals surface area contributed by atoms with Crippen LogP contribution in [0.5, 0.6) is 0 Å². The molecule has 32 heavy (non-hydrogen) atoms. The first-order valence-corrected chi connectivity index (χ1v) is 13.3. The number of benzene rings is 2. The minimum absolute atomic E-state index is 0.0162. The van der Waals surface area contributed by atoms with Crippen LogP contribution in [0.25, 0.3) is 0 Å². The lowest BCUT2D eigenvalue weighted by Crippen LogP contribution is -2.66. The van der Waals surface area contributed by atoms with E-state index in [1.807, 2.05) is 32.1 Å². The molecule has 0 aliphatic carbocycles. The van der Waals surface area contributed by atoms with E-state index in [9.17, 15) is 4.79 Å². The predicted molar refractivity (Wildman–Crippen MR) is 132 cm³/mol. The van der Waals surface area contributed by atoms with E-state index in [4.69, 9.17) is 13.9 Å². The molecule has 2 aromatic rings. The number of carbonyl (C=O) groups excluding carboxylic acids is 1. The Balaban J connectivity index is 1.80. The molecule has 5 heteroatoms.